The van der Waals surface area contributed by atoms with Crippen LogP contribution < -0.4 is 0 Å². The molecule has 1 aromatic heterocycles. The summed E-state index contributed by atoms with van der Waals surface area (Å²) in [6, 6.07) is 10.1. The zero-order valence-electron chi connectivity index (χ0n) is 9.59. The van der Waals surface area contributed by atoms with Crippen LogP contribution in [0.15, 0.2) is 42.7 Å². The fourth-order valence-electron chi connectivity index (χ4n) is 1.66. The number of hydrogen-bond donors (Lipinski definition) is 0. The Labute approximate surface area is 95.8 Å². The van der Waals surface area contributed by atoms with Gasteiger partial charge in [-0.1, -0.05) is 24.3 Å². The number of rotatable bonds is 3. The molecule has 3 heteroatoms. The molecule has 2 aromatic rings. The molecule has 0 fully saturated rings. The largest absolute Gasteiger partial charge is 0.305 e. The van der Waals surface area contributed by atoms with Crippen molar-refractivity contribution in [1.82, 2.24) is 14.9 Å². The molecule has 0 aliphatic carbocycles. The van der Waals surface area contributed by atoms with E-state index >= 15 is 0 Å². The standard InChI is InChI=1S/C13H15N3/c1-16(2)10-11-6-3-4-7-12(11)13-14-8-5-9-15-13/h3-9H,10H2,1-2H3. The van der Waals surface area contributed by atoms with E-state index in [1.54, 1.807) is 12.4 Å². The minimum absolute atomic E-state index is 0.792. The monoisotopic (exact) mass is 213 g/mol. The van der Waals surface area contributed by atoms with Crippen LogP contribution in [0.25, 0.3) is 11.4 Å². The van der Waals surface area contributed by atoms with Gasteiger partial charge < -0.3 is 4.90 Å². The van der Waals surface area contributed by atoms with Crippen molar-refractivity contribution in [3.63, 3.8) is 0 Å². The Morgan fingerprint density at radius 2 is 1.69 bits per heavy atom. The van der Waals surface area contributed by atoms with Gasteiger partial charge in [0.15, 0.2) is 5.82 Å². The fourth-order valence-corrected chi connectivity index (χ4v) is 1.66. The first kappa shape index (κ1) is 10.8. The van der Waals surface area contributed by atoms with Gasteiger partial charge in [0, 0.05) is 24.5 Å². The first-order chi connectivity index (χ1) is 7.77. The van der Waals surface area contributed by atoms with Gasteiger partial charge in [-0.15, -0.1) is 0 Å². The molecular formula is C13H15N3. The van der Waals surface area contributed by atoms with Crippen LogP contribution in [-0.2, 0) is 6.54 Å². The first-order valence-corrected chi connectivity index (χ1v) is 5.27. The van der Waals surface area contributed by atoms with Crippen molar-refractivity contribution in [2.45, 2.75) is 6.54 Å². The summed E-state index contributed by atoms with van der Waals surface area (Å²) < 4.78 is 0. The highest BCUT2D eigenvalue weighted by Gasteiger charge is 2.06. The molecule has 0 aliphatic rings. The summed E-state index contributed by atoms with van der Waals surface area (Å²) in [4.78, 5) is 10.7. The van der Waals surface area contributed by atoms with Gasteiger partial charge in [0.25, 0.3) is 0 Å². The fraction of sp³-hybridized carbons (Fsp3) is 0.231. The van der Waals surface area contributed by atoms with Crippen LogP contribution in [0.2, 0.25) is 0 Å². The van der Waals surface area contributed by atoms with Gasteiger partial charge in [0.1, 0.15) is 0 Å². The number of hydrogen-bond acceptors (Lipinski definition) is 3. The molecular weight excluding hydrogens is 198 g/mol. The zero-order chi connectivity index (χ0) is 11.4. The molecule has 16 heavy (non-hydrogen) atoms. The molecule has 82 valence electrons. The lowest BCUT2D eigenvalue weighted by Crippen LogP contribution is -2.11. The summed E-state index contributed by atoms with van der Waals surface area (Å²) >= 11 is 0. The van der Waals surface area contributed by atoms with Gasteiger partial charge >= 0.3 is 0 Å². The highest BCUT2D eigenvalue weighted by molar-refractivity contribution is 5.59. The molecule has 1 aromatic carbocycles. The van der Waals surface area contributed by atoms with Gasteiger partial charge in [-0.3, -0.25) is 0 Å². The molecule has 0 saturated carbocycles. The van der Waals surface area contributed by atoms with E-state index in [9.17, 15) is 0 Å². The molecule has 0 N–H and O–H groups in total. The highest BCUT2D eigenvalue weighted by Crippen LogP contribution is 2.20. The van der Waals surface area contributed by atoms with Crippen molar-refractivity contribution >= 4 is 0 Å². The van der Waals surface area contributed by atoms with E-state index in [1.807, 2.05) is 18.2 Å². The molecule has 0 atom stereocenters. The third-order valence-electron chi connectivity index (χ3n) is 2.31. The summed E-state index contributed by atoms with van der Waals surface area (Å²) in [5.74, 6) is 0.792. The van der Waals surface area contributed by atoms with Crippen molar-refractivity contribution in [2.75, 3.05) is 14.1 Å². The molecule has 0 bridgehead atoms. The van der Waals surface area contributed by atoms with Crippen LogP contribution in [0.4, 0.5) is 0 Å². The molecule has 1 heterocycles. The Balaban J connectivity index is 2.41. The summed E-state index contributed by atoms with van der Waals surface area (Å²) in [5.41, 5.74) is 2.36. The summed E-state index contributed by atoms with van der Waals surface area (Å²) in [7, 11) is 4.12. The van der Waals surface area contributed by atoms with Crippen LogP contribution >= 0.6 is 0 Å². The molecule has 0 radical (unpaired) electrons. The Morgan fingerprint density at radius 1 is 1.00 bits per heavy atom. The number of benzene rings is 1. The summed E-state index contributed by atoms with van der Waals surface area (Å²) in [6.07, 6.45) is 3.55. The van der Waals surface area contributed by atoms with Crippen molar-refractivity contribution in [3.05, 3.63) is 48.3 Å². The topological polar surface area (TPSA) is 29.0 Å². The maximum absolute atomic E-state index is 4.29. The van der Waals surface area contributed by atoms with Gasteiger partial charge in [0.05, 0.1) is 0 Å². The lowest BCUT2D eigenvalue weighted by atomic mass is 10.1. The Kier molecular flexibility index (Phi) is 3.27. The number of aromatic nitrogens is 2. The zero-order valence-corrected chi connectivity index (χ0v) is 9.59. The van der Waals surface area contributed by atoms with E-state index < -0.39 is 0 Å². The molecule has 0 saturated heterocycles. The first-order valence-electron chi connectivity index (χ1n) is 5.27. The maximum Gasteiger partial charge on any atom is 0.159 e. The van der Waals surface area contributed by atoms with Crippen molar-refractivity contribution in [2.24, 2.45) is 0 Å². The van der Waals surface area contributed by atoms with E-state index in [2.05, 4.69) is 41.1 Å². The predicted molar refractivity (Wildman–Crippen MR) is 64.9 cm³/mol. The third kappa shape index (κ3) is 2.44. The SMILES string of the molecule is CN(C)Cc1ccccc1-c1ncccn1. The molecule has 0 aliphatic heterocycles. The summed E-state index contributed by atoms with van der Waals surface area (Å²) in [6.45, 7) is 0.897. The highest BCUT2D eigenvalue weighted by atomic mass is 15.0. The van der Waals surface area contributed by atoms with Crippen LogP contribution in [0.5, 0.6) is 0 Å². The Morgan fingerprint density at radius 3 is 2.38 bits per heavy atom. The average molecular weight is 213 g/mol. The molecule has 0 amide bonds. The van der Waals surface area contributed by atoms with Crippen LogP contribution in [0.3, 0.4) is 0 Å². The van der Waals surface area contributed by atoms with E-state index in [0.717, 1.165) is 17.9 Å². The van der Waals surface area contributed by atoms with Gasteiger partial charge in [-0.25, -0.2) is 9.97 Å². The van der Waals surface area contributed by atoms with E-state index in [1.165, 1.54) is 5.56 Å². The Hall–Kier alpha value is -1.74. The quantitative estimate of drug-likeness (QED) is 0.782. The second-order valence-electron chi connectivity index (χ2n) is 3.97. The van der Waals surface area contributed by atoms with Crippen LogP contribution in [0, 0.1) is 0 Å². The maximum atomic E-state index is 4.29. The molecule has 3 nitrogen and oxygen atoms in total. The second kappa shape index (κ2) is 4.86. The smallest absolute Gasteiger partial charge is 0.159 e. The van der Waals surface area contributed by atoms with Crippen LogP contribution in [-0.4, -0.2) is 29.0 Å². The molecule has 0 spiro atoms. The lowest BCUT2D eigenvalue weighted by molar-refractivity contribution is 0.403. The lowest BCUT2D eigenvalue weighted by Gasteiger charge is -2.12. The minimum Gasteiger partial charge on any atom is -0.305 e. The normalized spacial score (nSPS) is 10.7. The molecule has 2 rings (SSSR count). The van der Waals surface area contributed by atoms with Crippen molar-refractivity contribution in [1.29, 1.82) is 0 Å². The third-order valence-corrected chi connectivity index (χ3v) is 2.31. The molecule has 0 unspecified atom stereocenters. The minimum atomic E-state index is 0.792. The van der Waals surface area contributed by atoms with E-state index in [4.69, 9.17) is 0 Å². The van der Waals surface area contributed by atoms with E-state index in [0.29, 0.717) is 0 Å². The van der Waals surface area contributed by atoms with E-state index in [-0.39, 0.29) is 0 Å². The van der Waals surface area contributed by atoms with Gasteiger partial charge in [-0.05, 0) is 25.7 Å². The number of nitrogens with zero attached hydrogens (tertiary/aromatic N) is 3. The van der Waals surface area contributed by atoms with Gasteiger partial charge in [-0.2, -0.15) is 0 Å². The van der Waals surface area contributed by atoms with Crippen molar-refractivity contribution < 1.29 is 0 Å². The van der Waals surface area contributed by atoms with Crippen LogP contribution in [0.1, 0.15) is 5.56 Å². The summed E-state index contributed by atoms with van der Waals surface area (Å²) in [5, 5.41) is 0. The second-order valence-corrected chi connectivity index (χ2v) is 3.97. The predicted octanol–water partition coefficient (Wildman–Crippen LogP) is 2.21. The van der Waals surface area contributed by atoms with Gasteiger partial charge in [0.2, 0.25) is 0 Å². The average Bonchev–Trinajstić information content (AvgIpc) is 2.30. The Bertz CT molecular complexity index is 452. The van der Waals surface area contributed by atoms with Crippen molar-refractivity contribution in [3.8, 4) is 11.4 Å².